The summed E-state index contributed by atoms with van der Waals surface area (Å²) in [4.78, 5) is 13.1. The molecule has 4 rings (SSSR count). The minimum Gasteiger partial charge on any atom is -0.256 e. The van der Waals surface area contributed by atoms with Crippen molar-refractivity contribution in [3.63, 3.8) is 0 Å². The highest BCUT2D eigenvalue weighted by Crippen LogP contribution is 2.32. The number of benzene rings is 1. The highest BCUT2D eigenvalue weighted by Gasteiger charge is 2.11. The summed E-state index contributed by atoms with van der Waals surface area (Å²) in [5.41, 5.74) is 6.81. The molecule has 3 heterocycles. The van der Waals surface area contributed by atoms with E-state index in [0.29, 0.717) is 5.56 Å². The second kappa shape index (κ2) is 5.52. The maximum atomic E-state index is 13.5. The molecule has 0 radical (unpaired) electrons. The van der Waals surface area contributed by atoms with Crippen molar-refractivity contribution in [2.24, 2.45) is 0 Å². The third kappa shape index (κ3) is 2.49. The average Bonchev–Trinajstić information content (AvgIpc) is 3.05. The van der Waals surface area contributed by atoms with Crippen LogP contribution in [0.4, 0.5) is 4.39 Å². The Morgan fingerprint density at radius 3 is 2.78 bits per heavy atom. The van der Waals surface area contributed by atoms with Gasteiger partial charge >= 0.3 is 0 Å². The van der Waals surface area contributed by atoms with Crippen LogP contribution in [0.3, 0.4) is 0 Å². The number of pyridine rings is 2. The number of halogens is 1. The van der Waals surface area contributed by atoms with E-state index >= 15 is 0 Å². The van der Waals surface area contributed by atoms with Gasteiger partial charge in [-0.15, -0.1) is 11.3 Å². The SMILES string of the molecule is Cc1cc(-c2ncccc2-c2cnc3ncsc3c2)ccc1F. The summed E-state index contributed by atoms with van der Waals surface area (Å²) >= 11 is 1.56. The van der Waals surface area contributed by atoms with Crippen LogP contribution in [0, 0.1) is 12.7 Å². The van der Waals surface area contributed by atoms with Crippen LogP contribution in [0.5, 0.6) is 0 Å². The lowest BCUT2D eigenvalue weighted by Gasteiger charge is -2.09. The molecule has 0 saturated carbocycles. The molecular formula is C18H12FN3S. The molecule has 3 aromatic heterocycles. The summed E-state index contributed by atoms with van der Waals surface area (Å²) in [6.07, 6.45) is 3.55. The first-order chi connectivity index (χ1) is 11.2. The van der Waals surface area contributed by atoms with Gasteiger partial charge in [0, 0.05) is 29.1 Å². The Bertz CT molecular complexity index is 1010. The minimum absolute atomic E-state index is 0.209. The van der Waals surface area contributed by atoms with Gasteiger partial charge in [0.2, 0.25) is 0 Å². The number of hydrogen-bond acceptors (Lipinski definition) is 4. The van der Waals surface area contributed by atoms with Crippen LogP contribution < -0.4 is 0 Å². The molecule has 3 nitrogen and oxygen atoms in total. The number of fused-ring (bicyclic) bond motifs is 1. The van der Waals surface area contributed by atoms with Crippen molar-refractivity contribution in [2.45, 2.75) is 6.92 Å². The van der Waals surface area contributed by atoms with Gasteiger partial charge in [-0.2, -0.15) is 0 Å². The first-order valence-corrected chi connectivity index (χ1v) is 8.01. The van der Waals surface area contributed by atoms with Gasteiger partial charge in [-0.3, -0.25) is 4.98 Å². The highest BCUT2D eigenvalue weighted by atomic mass is 32.1. The van der Waals surface area contributed by atoms with Gasteiger partial charge < -0.3 is 0 Å². The summed E-state index contributed by atoms with van der Waals surface area (Å²) in [6.45, 7) is 1.76. The van der Waals surface area contributed by atoms with E-state index in [1.807, 2.05) is 18.2 Å². The number of aromatic nitrogens is 3. The maximum Gasteiger partial charge on any atom is 0.170 e. The second-order valence-electron chi connectivity index (χ2n) is 5.26. The van der Waals surface area contributed by atoms with E-state index < -0.39 is 0 Å². The number of aryl methyl sites for hydroxylation is 1. The summed E-state index contributed by atoms with van der Waals surface area (Å²) in [6, 6.07) is 11.0. The fraction of sp³-hybridized carbons (Fsp3) is 0.0556. The van der Waals surface area contributed by atoms with E-state index in [1.165, 1.54) is 6.07 Å². The van der Waals surface area contributed by atoms with Crippen LogP contribution in [0.15, 0.2) is 54.3 Å². The first kappa shape index (κ1) is 14.0. The van der Waals surface area contributed by atoms with Crippen molar-refractivity contribution in [3.8, 4) is 22.4 Å². The quantitative estimate of drug-likeness (QED) is 0.529. The molecule has 1 aromatic carbocycles. The number of hydrogen-bond donors (Lipinski definition) is 0. The van der Waals surface area contributed by atoms with Crippen molar-refractivity contribution >= 4 is 21.7 Å². The summed E-state index contributed by atoms with van der Waals surface area (Å²) in [5, 5.41) is 0. The van der Waals surface area contributed by atoms with Crippen LogP contribution in [0.2, 0.25) is 0 Å². The van der Waals surface area contributed by atoms with Crippen LogP contribution in [-0.4, -0.2) is 15.0 Å². The van der Waals surface area contributed by atoms with Crippen molar-refractivity contribution in [1.82, 2.24) is 15.0 Å². The van der Waals surface area contributed by atoms with Crippen molar-refractivity contribution in [1.29, 1.82) is 0 Å². The summed E-state index contributed by atoms with van der Waals surface area (Å²) in [7, 11) is 0. The Morgan fingerprint density at radius 2 is 1.91 bits per heavy atom. The largest absolute Gasteiger partial charge is 0.256 e. The molecule has 0 N–H and O–H groups in total. The number of rotatable bonds is 2. The van der Waals surface area contributed by atoms with Crippen molar-refractivity contribution in [3.05, 3.63) is 65.7 Å². The fourth-order valence-corrected chi connectivity index (χ4v) is 3.23. The highest BCUT2D eigenvalue weighted by molar-refractivity contribution is 7.16. The molecule has 0 atom stereocenters. The molecule has 0 fully saturated rings. The van der Waals surface area contributed by atoms with Crippen LogP contribution in [-0.2, 0) is 0 Å². The Morgan fingerprint density at radius 1 is 1.00 bits per heavy atom. The summed E-state index contributed by atoms with van der Waals surface area (Å²) < 4.78 is 14.6. The standard InChI is InChI=1S/C18H12FN3S/c1-11-7-12(4-5-15(11)19)17-14(3-2-6-20-17)13-8-16-18(21-9-13)22-10-23-16/h2-10H,1H3. The van der Waals surface area contributed by atoms with Crippen LogP contribution in [0.25, 0.3) is 32.7 Å². The Balaban J connectivity index is 1.90. The van der Waals surface area contributed by atoms with Gasteiger partial charge in [0.1, 0.15) is 5.82 Å². The number of nitrogens with zero attached hydrogens (tertiary/aromatic N) is 3. The first-order valence-electron chi connectivity index (χ1n) is 7.13. The zero-order valence-electron chi connectivity index (χ0n) is 12.3. The Kier molecular flexibility index (Phi) is 3.35. The Hall–Kier alpha value is -2.66. The van der Waals surface area contributed by atoms with Crippen molar-refractivity contribution in [2.75, 3.05) is 0 Å². The minimum atomic E-state index is -0.209. The lowest BCUT2D eigenvalue weighted by atomic mass is 9.99. The average molecular weight is 321 g/mol. The molecule has 0 bridgehead atoms. The van der Waals surface area contributed by atoms with Gasteiger partial charge in [0.05, 0.1) is 15.9 Å². The van der Waals surface area contributed by atoms with Gasteiger partial charge in [-0.1, -0.05) is 6.07 Å². The molecule has 0 aliphatic heterocycles. The zero-order chi connectivity index (χ0) is 15.8. The number of thiazole rings is 1. The van der Waals surface area contributed by atoms with Gasteiger partial charge in [0.15, 0.2) is 5.65 Å². The van der Waals surface area contributed by atoms with Gasteiger partial charge in [0.25, 0.3) is 0 Å². The van der Waals surface area contributed by atoms with E-state index in [9.17, 15) is 4.39 Å². The van der Waals surface area contributed by atoms with Gasteiger partial charge in [-0.25, -0.2) is 14.4 Å². The molecule has 0 aliphatic rings. The third-order valence-electron chi connectivity index (χ3n) is 3.74. The molecule has 112 valence electrons. The van der Waals surface area contributed by atoms with Crippen LogP contribution in [0.1, 0.15) is 5.56 Å². The fourth-order valence-electron chi connectivity index (χ4n) is 2.56. The van der Waals surface area contributed by atoms with E-state index in [1.54, 1.807) is 42.2 Å². The molecule has 0 saturated heterocycles. The molecule has 0 aliphatic carbocycles. The predicted octanol–water partition coefficient (Wildman–Crippen LogP) is 4.87. The van der Waals surface area contributed by atoms with Crippen LogP contribution >= 0.6 is 11.3 Å². The smallest absolute Gasteiger partial charge is 0.170 e. The molecule has 0 spiro atoms. The molecule has 0 unspecified atom stereocenters. The zero-order valence-corrected chi connectivity index (χ0v) is 13.1. The van der Waals surface area contributed by atoms with E-state index in [-0.39, 0.29) is 5.82 Å². The van der Waals surface area contributed by atoms with Gasteiger partial charge in [-0.05, 0) is 42.8 Å². The lowest BCUT2D eigenvalue weighted by molar-refractivity contribution is 0.619. The second-order valence-corrected chi connectivity index (χ2v) is 6.15. The summed E-state index contributed by atoms with van der Waals surface area (Å²) in [5.74, 6) is -0.209. The molecule has 0 amide bonds. The molecular weight excluding hydrogens is 309 g/mol. The molecule has 23 heavy (non-hydrogen) atoms. The lowest BCUT2D eigenvalue weighted by Crippen LogP contribution is -1.91. The predicted molar refractivity (Wildman–Crippen MR) is 90.8 cm³/mol. The maximum absolute atomic E-state index is 13.5. The normalized spacial score (nSPS) is 11.0. The van der Waals surface area contributed by atoms with E-state index in [4.69, 9.17) is 0 Å². The van der Waals surface area contributed by atoms with E-state index in [0.717, 1.165) is 32.7 Å². The van der Waals surface area contributed by atoms with E-state index in [2.05, 4.69) is 21.0 Å². The molecule has 5 heteroatoms. The third-order valence-corrected chi connectivity index (χ3v) is 4.50. The monoisotopic (exact) mass is 321 g/mol. The van der Waals surface area contributed by atoms with Crippen molar-refractivity contribution < 1.29 is 4.39 Å². The Labute approximate surface area is 136 Å². The molecule has 4 aromatic rings. The topological polar surface area (TPSA) is 38.7 Å².